The molecule has 0 saturated heterocycles. The fourth-order valence-corrected chi connectivity index (χ4v) is 0.913. The van der Waals surface area contributed by atoms with Crippen LogP contribution in [0.2, 0.25) is 0 Å². The molecule has 0 unspecified atom stereocenters. The van der Waals surface area contributed by atoms with E-state index in [-0.39, 0.29) is 0 Å². The Kier molecular flexibility index (Phi) is 4.51. The van der Waals surface area contributed by atoms with Crippen molar-refractivity contribution in [1.29, 1.82) is 5.26 Å². The molecule has 4 heteroatoms. The number of nitrogens with one attached hydrogen (secondary N) is 2. The lowest BCUT2D eigenvalue weighted by molar-refractivity contribution is 0.389. The molecule has 0 atom stereocenters. The Labute approximate surface area is 87.8 Å². The van der Waals surface area contributed by atoms with Crippen molar-refractivity contribution in [2.24, 2.45) is 0 Å². The Morgan fingerprint density at radius 1 is 1.13 bits per heavy atom. The molecule has 2 rings (SSSR count). The molecule has 0 amide bonds. The van der Waals surface area contributed by atoms with Crippen LogP contribution >= 0.6 is 0 Å². The highest BCUT2D eigenvalue weighted by molar-refractivity contribution is 5.39. The second kappa shape index (κ2) is 6.24. The maximum Gasteiger partial charge on any atom is 0.117 e. The predicted molar refractivity (Wildman–Crippen MR) is 57.4 cm³/mol. The quantitative estimate of drug-likeness (QED) is 0.620. The lowest BCUT2D eigenvalue weighted by Crippen LogP contribution is -1.85. The minimum Gasteiger partial charge on any atom is -0.353 e. The van der Waals surface area contributed by atoms with Crippen molar-refractivity contribution in [3.63, 3.8) is 0 Å². The Bertz CT molecular complexity index is 403. The second-order valence-electron chi connectivity index (χ2n) is 2.67. The summed E-state index contributed by atoms with van der Waals surface area (Å²) in [5.41, 5.74) is 3.35. The highest BCUT2D eigenvalue weighted by atomic mass is 16.5. The van der Waals surface area contributed by atoms with Gasteiger partial charge in [0.25, 0.3) is 0 Å². The number of hydrogen-bond donors (Lipinski definition) is 3. The summed E-state index contributed by atoms with van der Waals surface area (Å²) < 4.78 is 0. The molecular weight excluding hydrogens is 190 g/mol. The molecule has 1 heterocycles. The molecule has 76 valence electrons. The molecule has 0 aliphatic carbocycles. The lowest BCUT2D eigenvalue weighted by atomic mass is 10.3. The van der Waals surface area contributed by atoms with Crippen molar-refractivity contribution in [2.45, 2.75) is 0 Å². The number of nitrogens with zero attached hydrogens (tertiary/aromatic N) is 1. The van der Waals surface area contributed by atoms with E-state index in [9.17, 15) is 0 Å². The second-order valence-corrected chi connectivity index (χ2v) is 2.67. The van der Waals surface area contributed by atoms with Crippen molar-refractivity contribution < 1.29 is 5.21 Å². The molecule has 0 bridgehead atoms. The SMILES string of the molecule is N#Cc1ccc[nH]1.ONc1ccccc1. The molecule has 0 aliphatic rings. The molecule has 0 fully saturated rings. The van der Waals surface area contributed by atoms with Gasteiger partial charge in [-0.25, -0.2) is 0 Å². The predicted octanol–water partition coefficient (Wildman–Crippen LogP) is 2.37. The number of aromatic amines is 1. The number of nitriles is 1. The molecule has 1 aromatic heterocycles. The van der Waals surface area contributed by atoms with Gasteiger partial charge in [-0.2, -0.15) is 5.26 Å². The van der Waals surface area contributed by atoms with Crippen molar-refractivity contribution in [2.75, 3.05) is 5.48 Å². The van der Waals surface area contributed by atoms with Gasteiger partial charge in [-0.3, -0.25) is 10.7 Å². The van der Waals surface area contributed by atoms with Crippen LogP contribution in [0.3, 0.4) is 0 Å². The standard InChI is InChI=1S/C6H7NO.C5H4N2/c8-7-6-4-2-1-3-5-6;6-4-5-2-1-3-7-5/h1-5,7-8H;1-3,7H. The van der Waals surface area contributed by atoms with E-state index >= 15 is 0 Å². The average molecular weight is 201 g/mol. The number of para-hydroxylation sites is 1. The third kappa shape index (κ3) is 3.98. The van der Waals surface area contributed by atoms with Gasteiger partial charge in [-0.1, -0.05) is 18.2 Å². The normalized spacial score (nSPS) is 8.27. The topological polar surface area (TPSA) is 71.8 Å². The fourth-order valence-electron chi connectivity index (χ4n) is 0.913. The maximum atomic E-state index is 8.29. The number of benzene rings is 1. The fraction of sp³-hybridized carbons (Fsp3) is 0. The molecule has 0 saturated carbocycles. The number of aromatic nitrogens is 1. The van der Waals surface area contributed by atoms with Gasteiger partial charge in [0.1, 0.15) is 11.8 Å². The first-order valence-electron chi connectivity index (χ1n) is 4.35. The summed E-state index contributed by atoms with van der Waals surface area (Å²) in [4.78, 5) is 2.73. The highest BCUT2D eigenvalue weighted by Crippen LogP contribution is 2.01. The van der Waals surface area contributed by atoms with Gasteiger partial charge in [0, 0.05) is 6.20 Å². The molecule has 3 N–H and O–H groups in total. The van der Waals surface area contributed by atoms with E-state index in [0.29, 0.717) is 11.4 Å². The zero-order valence-corrected chi connectivity index (χ0v) is 8.01. The first-order valence-corrected chi connectivity index (χ1v) is 4.35. The van der Waals surface area contributed by atoms with Gasteiger partial charge in [0.2, 0.25) is 0 Å². The van der Waals surface area contributed by atoms with Crippen molar-refractivity contribution >= 4 is 5.69 Å². The monoisotopic (exact) mass is 201 g/mol. The molecule has 4 nitrogen and oxygen atoms in total. The van der Waals surface area contributed by atoms with Crippen LogP contribution in [-0.2, 0) is 0 Å². The Morgan fingerprint density at radius 2 is 1.87 bits per heavy atom. The van der Waals surface area contributed by atoms with Gasteiger partial charge in [-0.05, 0) is 24.3 Å². The summed E-state index contributed by atoms with van der Waals surface area (Å²) in [7, 11) is 0. The average Bonchev–Trinajstić information content (AvgIpc) is 2.84. The van der Waals surface area contributed by atoms with Crippen LogP contribution in [0.5, 0.6) is 0 Å². The molecule has 0 aliphatic heterocycles. The van der Waals surface area contributed by atoms with Crippen LogP contribution < -0.4 is 5.48 Å². The molecule has 1 aromatic carbocycles. The summed E-state index contributed by atoms with van der Waals surface area (Å²) in [6, 6.07) is 14.6. The van der Waals surface area contributed by atoms with Gasteiger partial charge in [-0.15, -0.1) is 0 Å². The van der Waals surface area contributed by atoms with E-state index in [1.165, 1.54) is 0 Å². The number of H-pyrrole nitrogens is 1. The Morgan fingerprint density at radius 3 is 2.20 bits per heavy atom. The number of anilines is 1. The summed E-state index contributed by atoms with van der Waals surface area (Å²) in [5, 5.41) is 16.4. The molecule has 15 heavy (non-hydrogen) atoms. The van der Waals surface area contributed by atoms with Crippen LogP contribution in [0.25, 0.3) is 0 Å². The van der Waals surface area contributed by atoms with E-state index in [1.54, 1.807) is 30.5 Å². The van der Waals surface area contributed by atoms with Crippen molar-refractivity contribution in [1.82, 2.24) is 4.98 Å². The first-order chi connectivity index (χ1) is 7.36. The van der Waals surface area contributed by atoms with Gasteiger partial charge < -0.3 is 4.98 Å². The summed E-state index contributed by atoms with van der Waals surface area (Å²) in [5.74, 6) is 0. The third-order valence-electron chi connectivity index (χ3n) is 1.62. The van der Waals surface area contributed by atoms with Crippen LogP contribution in [0.1, 0.15) is 5.69 Å². The summed E-state index contributed by atoms with van der Waals surface area (Å²) in [6.07, 6.45) is 1.72. The van der Waals surface area contributed by atoms with Gasteiger partial charge >= 0.3 is 0 Å². The van der Waals surface area contributed by atoms with Crippen LogP contribution in [0, 0.1) is 11.3 Å². The van der Waals surface area contributed by atoms with E-state index in [2.05, 4.69) is 4.98 Å². The summed E-state index contributed by atoms with van der Waals surface area (Å²) in [6.45, 7) is 0. The molecule has 0 radical (unpaired) electrons. The van der Waals surface area contributed by atoms with Gasteiger partial charge in [0.15, 0.2) is 0 Å². The molecular formula is C11H11N3O. The van der Waals surface area contributed by atoms with E-state index in [4.69, 9.17) is 10.5 Å². The highest BCUT2D eigenvalue weighted by Gasteiger charge is 1.80. The Balaban J connectivity index is 0.000000151. The lowest BCUT2D eigenvalue weighted by Gasteiger charge is -1.92. The van der Waals surface area contributed by atoms with E-state index in [1.807, 2.05) is 29.7 Å². The smallest absolute Gasteiger partial charge is 0.117 e. The molecule has 2 aromatic rings. The maximum absolute atomic E-state index is 8.29. The van der Waals surface area contributed by atoms with Crippen LogP contribution in [0.4, 0.5) is 5.69 Å². The van der Waals surface area contributed by atoms with Crippen molar-refractivity contribution in [3.8, 4) is 6.07 Å². The molecule has 0 spiro atoms. The van der Waals surface area contributed by atoms with E-state index in [0.717, 1.165) is 0 Å². The van der Waals surface area contributed by atoms with Crippen LogP contribution in [-0.4, -0.2) is 10.2 Å². The zero-order valence-electron chi connectivity index (χ0n) is 8.01. The minimum atomic E-state index is 0.611. The number of hydrogen-bond acceptors (Lipinski definition) is 3. The van der Waals surface area contributed by atoms with E-state index < -0.39 is 0 Å². The van der Waals surface area contributed by atoms with Crippen LogP contribution in [0.15, 0.2) is 48.7 Å². The third-order valence-corrected chi connectivity index (χ3v) is 1.62. The minimum absolute atomic E-state index is 0.611. The van der Waals surface area contributed by atoms with Gasteiger partial charge in [0.05, 0.1) is 5.69 Å². The largest absolute Gasteiger partial charge is 0.353 e. The van der Waals surface area contributed by atoms with Crippen molar-refractivity contribution in [3.05, 3.63) is 54.4 Å². The zero-order chi connectivity index (χ0) is 10.9. The Hall–Kier alpha value is -2.25. The first kappa shape index (κ1) is 10.8. The number of rotatable bonds is 1. The summed E-state index contributed by atoms with van der Waals surface area (Å²) >= 11 is 0.